The van der Waals surface area contributed by atoms with Gasteiger partial charge in [0, 0.05) is 6.54 Å². The molecule has 0 saturated heterocycles. The van der Waals surface area contributed by atoms with E-state index < -0.39 is 56.8 Å². The smallest absolute Gasteiger partial charge is 0.337 e. The van der Waals surface area contributed by atoms with Crippen LogP contribution in [-0.2, 0) is 26.1 Å². The number of carbonyl (C=O) groups is 2. The number of amides is 1. The third-order valence-electron chi connectivity index (χ3n) is 4.97. The molecule has 2 N–H and O–H groups in total. The number of sulfonamides is 1. The van der Waals surface area contributed by atoms with E-state index in [-0.39, 0.29) is 11.1 Å². The highest BCUT2D eigenvalue weighted by atomic mass is 32.2. The molecule has 0 saturated carbocycles. The van der Waals surface area contributed by atoms with Crippen LogP contribution >= 0.6 is 0 Å². The highest BCUT2D eigenvalue weighted by Gasteiger charge is 2.38. The van der Waals surface area contributed by atoms with Crippen molar-refractivity contribution in [1.82, 2.24) is 4.31 Å². The van der Waals surface area contributed by atoms with Crippen LogP contribution in [0.15, 0.2) is 71.6 Å². The molecule has 11 heteroatoms. The van der Waals surface area contributed by atoms with Crippen molar-refractivity contribution in [3.05, 3.63) is 101 Å². The summed E-state index contributed by atoms with van der Waals surface area (Å²) in [6.07, 6.45) is 0. The first-order chi connectivity index (χ1) is 16.1. The van der Waals surface area contributed by atoms with Gasteiger partial charge in [0.25, 0.3) is 0 Å². The standard InChI is InChI=1S/C23H19F3N2O5S/c1-33-23(30)16-9-7-14(8-10-16)13-28(21(22(27)29)15-5-3-2-4-6-15)34(31,32)18-12-11-17(24)19(25)20(18)26/h2-12,21H,13H2,1H3,(H2,27,29). The van der Waals surface area contributed by atoms with Gasteiger partial charge in [-0.15, -0.1) is 0 Å². The van der Waals surface area contributed by atoms with Crippen molar-refractivity contribution in [3.63, 3.8) is 0 Å². The van der Waals surface area contributed by atoms with Crippen molar-refractivity contribution >= 4 is 21.9 Å². The van der Waals surface area contributed by atoms with Crippen molar-refractivity contribution < 1.29 is 35.9 Å². The summed E-state index contributed by atoms with van der Waals surface area (Å²) in [5.41, 5.74) is 6.19. The fourth-order valence-corrected chi connectivity index (χ4v) is 4.93. The molecule has 0 spiro atoms. The Labute approximate surface area is 193 Å². The summed E-state index contributed by atoms with van der Waals surface area (Å²) in [5.74, 6) is -7.18. The van der Waals surface area contributed by atoms with Crippen molar-refractivity contribution in [1.29, 1.82) is 0 Å². The fraction of sp³-hybridized carbons (Fsp3) is 0.130. The molecule has 3 rings (SSSR count). The molecule has 7 nitrogen and oxygen atoms in total. The fourth-order valence-electron chi connectivity index (χ4n) is 3.30. The van der Waals surface area contributed by atoms with Gasteiger partial charge in [0.15, 0.2) is 17.5 Å². The maximum atomic E-state index is 14.5. The molecule has 0 aliphatic heterocycles. The number of rotatable bonds is 8. The molecular weight excluding hydrogens is 473 g/mol. The van der Waals surface area contributed by atoms with E-state index in [1.165, 1.54) is 43.5 Å². The Hall–Kier alpha value is -3.70. The van der Waals surface area contributed by atoms with Crippen LogP contribution in [0.4, 0.5) is 13.2 Å². The molecule has 0 heterocycles. The van der Waals surface area contributed by atoms with E-state index in [4.69, 9.17) is 5.73 Å². The van der Waals surface area contributed by atoms with Gasteiger partial charge in [-0.3, -0.25) is 4.79 Å². The Morgan fingerprint density at radius 1 is 0.941 bits per heavy atom. The molecule has 0 aliphatic rings. The first-order valence-electron chi connectivity index (χ1n) is 9.74. The molecule has 178 valence electrons. The lowest BCUT2D eigenvalue weighted by Gasteiger charge is -2.29. The molecular formula is C23H19F3N2O5S. The number of ether oxygens (including phenoxy) is 1. The second-order valence-electron chi connectivity index (χ2n) is 7.13. The summed E-state index contributed by atoms with van der Waals surface area (Å²) in [5, 5.41) is 0. The average molecular weight is 492 g/mol. The third-order valence-corrected chi connectivity index (χ3v) is 6.80. The van der Waals surface area contributed by atoms with E-state index in [1.807, 2.05) is 0 Å². The summed E-state index contributed by atoms with van der Waals surface area (Å²) in [4.78, 5) is 22.9. The van der Waals surface area contributed by atoms with Gasteiger partial charge in [0.05, 0.1) is 12.7 Å². The molecule has 1 atom stereocenters. The molecule has 0 bridgehead atoms. The predicted molar refractivity (Wildman–Crippen MR) is 115 cm³/mol. The average Bonchev–Trinajstić information content (AvgIpc) is 2.82. The highest BCUT2D eigenvalue weighted by molar-refractivity contribution is 7.89. The number of halogens is 3. The molecule has 0 radical (unpaired) electrons. The molecule has 0 aromatic heterocycles. The van der Waals surface area contributed by atoms with Crippen molar-refractivity contribution in [3.8, 4) is 0 Å². The van der Waals surface area contributed by atoms with Gasteiger partial charge in [0.2, 0.25) is 15.9 Å². The maximum Gasteiger partial charge on any atom is 0.337 e. The molecule has 1 amide bonds. The van der Waals surface area contributed by atoms with Crippen LogP contribution in [0, 0.1) is 17.5 Å². The number of carbonyl (C=O) groups excluding carboxylic acids is 2. The zero-order valence-corrected chi connectivity index (χ0v) is 18.6. The molecule has 1 unspecified atom stereocenters. The van der Waals surface area contributed by atoms with E-state index in [9.17, 15) is 31.2 Å². The molecule has 3 aromatic rings. The van der Waals surface area contributed by atoms with Crippen LogP contribution in [0.5, 0.6) is 0 Å². The predicted octanol–water partition coefficient (Wildman–Crippen LogP) is 3.31. The summed E-state index contributed by atoms with van der Waals surface area (Å²) >= 11 is 0. The second-order valence-corrected chi connectivity index (χ2v) is 8.99. The van der Waals surface area contributed by atoms with Crippen molar-refractivity contribution in [2.45, 2.75) is 17.5 Å². The Bertz CT molecular complexity index is 1320. The molecule has 0 fully saturated rings. The number of methoxy groups -OCH3 is 1. The van der Waals surface area contributed by atoms with Crippen LogP contribution in [0.3, 0.4) is 0 Å². The molecule has 0 aliphatic carbocycles. The summed E-state index contributed by atoms with van der Waals surface area (Å²) in [7, 11) is -3.74. The topological polar surface area (TPSA) is 107 Å². The Balaban J connectivity index is 2.16. The van der Waals surface area contributed by atoms with E-state index in [0.717, 1.165) is 0 Å². The minimum Gasteiger partial charge on any atom is -0.465 e. The normalized spacial score (nSPS) is 12.4. The number of nitrogens with two attached hydrogens (primary N) is 1. The van der Waals surface area contributed by atoms with Crippen molar-refractivity contribution in [2.24, 2.45) is 5.73 Å². The lowest BCUT2D eigenvalue weighted by molar-refractivity contribution is -0.122. The zero-order chi connectivity index (χ0) is 25.0. The summed E-state index contributed by atoms with van der Waals surface area (Å²) in [6, 6.07) is 12.6. The van der Waals surface area contributed by atoms with Crippen molar-refractivity contribution in [2.75, 3.05) is 7.11 Å². The lowest BCUT2D eigenvalue weighted by atomic mass is 10.1. The monoisotopic (exact) mass is 492 g/mol. The number of hydrogen-bond donors (Lipinski definition) is 1. The maximum absolute atomic E-state index is 14.5. The third kappa shape index (κ3) is 4.95. The molecule has 34 heavy (non-hydrogen) atoms. The Morgan fingerprint density at radius 2 is 1.56 bits per heavy atom. The Morgan fingerprint density at radius 3 is 2.12 bits per heavy atom. The Kier molecular flexibility index (Phi) is 7.38. The van der Waals surface area contributed by atoms with Gasteiger partial charge < -0.3 is 10.5 Å². The van der Waals surface area contributed by atoms with E-state index >= 15 is 0 Å². The minimum atomic E-state index is -4.93. The first kappa shape index (κ1) is 24.9. The van der Waals surface area contributed by atoms with E-state index in [0.29, 0.717) is 22.0 Å². The summed E-state index contributed by atoms with van der Waals surface area (Å²) < 4.78 is 74.0. The quantitative estimate of drug-likeness (QED) is 0.384. The first-order valence-corrected chi connectivity index (χ1v) is 11.2. The molecule has 3 aromatic carbocycles. The van der Waals surface area contributed by atoms with Crippen LogP contribution in [-0.4, -0.2) is 31.7 Å². The van der Waals surface area contributed by atoms with Crippen LogP contribution in [0.25, 0.3) is 0 Å². The van der Waals surface area contributed by atoms with Gasteiger partial charge >= 0.3 is 5.97 Å². The zero-order valence-electron chi connectivity index (χ0n) is 17.7. The van der Waals surface area contributed by atoms with Gasteiger partial charge in [-0.05, 0) is 35.4 Å². The summed E-state index contributed by atoms with van der Waals surface area (Å²) in [6.45, 7) is -0.509. The van der Waals surface area contributed by atoms with Crippen LogP contribution < -0.4 is 5.73 Å². The highest BCUT2D eigenvalue weighted by Crippen LogP contribution is 2.32. The van der Waals surface area contributed by atoms with Gasteiger partial charge in [-0.2, -0.15) is 4.31 Å². The SMILES string of the molecule is COC(=O)c1ccc(CN(C(C(N)=O)c2ccccc2)S(=O)(=O)c2ccc(F)c(F)c2F)cc1. The van der Waals surface area contributed by atoms with E-state index in [1.54, 1.807) is 18.2 Å². The number of esters is 1. The number of nitrogens with zero attached hydrogens (tertiary/aromatic N) is 1. The van der Waals surface area contributed by atoms with Gasteiger partial charge in [0.1, 0.15) is 10.9 Å². The van der Waals surface area contributed by atoms with Crippen LogP contribution in [0.2, 0.25) is 0 Å². The minimum absolute atomic E-state index is 0.174. The lowest BCUT2D eigenvalue weighted by Crippen LogP contribution is -2.41. The van der Waals surface area contributed by atoms with Gasteiger partial charge in [-0.1, -0.05) is 42.5 Å². The number of hydrogen-bond acceptors (Lipinski definition) is 5. The van der Waals surface area contributed by atoms with Crippen LogP contribution in [0.1, 0.15) is 27.5 Å². The van der Waals surface area contributed by atoms with E-state index in [2.05, 4.69) is 4.74 Å². The van der Waals surface area contributed by atoms with Gasteiger partial charge in [-0.25, -0.2) is 26.4 Å². The largest absolute Gasteiger partial charge is 0.465 e. The number of primary amides is 1. The number of benzene rings is 3. The second kappa shape index (κ2) is 10.1.